The molecule has 0 heterocycles. The largest absolute Gasteiger partial charge is 0.484 e. The highest BCUT2D eigenvalue weighted by Crippen LogP contribution is 2.14. The normalized spacial score (nSPS) is 10.6. The van der Waals surface area contributed by atoms with Crippen LogP contribution >= 0.6 is 11.6 Å². The first kappa shape index (κ1) is 21.9. The monoisotopic (exact) mass is 416 g/mol. The van der Waals surface area contributed by atoms with Crippen LogP contribution in [0.3, 0.4) is 0 Å². The fraction of sp³-hybridized carbons (Fsp3) is 0.200. The number of rotatable bonds is 7. The molecule has 3 N–H and O–H groups in total. The minimum atomic E-state index is -0.846. The number of hydrogen-bond acceptors (Lipinski definition) is 5. The summed E-state index contributed by atoms with van der Waals surface area (Å²) in [6.45, 7) is 3.34. The van der Waals surface area contributed by atoms with Crippen LogP contribution in [-0.4, -0.2) is 36.6 Å². The third-order valence-electron chi connectivity index (χ3n) is 3.38. The Morgan fingerprint density at radius 3 is 2.31 bits per heavy atom. The maximum atomic E-state index is 11.9. The smallest absolute Gasteiger partial charge is 0.329 e. The lowest BCUT2D eigenvalue weighted by atomic mass is 10.2. The van der Waals surface area contributed by atoms with E-state index in [0.29, 0.717) is 22.0 Å². The summed E-state index contributed by atoms with van der Waals surface area (Å²) in [5.41, 5.74) is 3.44. The Labute approximate surface area is 173 Å². The highest BCUT2D eigenvalue weighted by atomic mass is 35.5. The van der Waals surface area contributed by atoms with Crippen molar-refractivity contribution in [3.8, 4) is 5.75 Å². The van der Waals surface area contributed by atoms with Crippen LogP contribution in [0.25, 0.3) is 0 Å². The van der Waals surface area contributed by atoms with Crippen LogP contribution in [0.1, 0.15) is 19.4 Å². The summed E-state index contributed by atoms with van der Waals surface area (Å²) in [5, 5.41) is 9.46. The minimum absolute atomic E-state index is 0.141. The molecule has 29 heavy (non-hydrogen) atoms. The number of ether oxygens (including phenoxy) is 1. The second kappa shape index (κ2) is 10.8. The average Bonchev–Trinajstić information content (AvgIpc) is 2.68. The van der Waals surface area contributed by atoms with Crippen LogP contribution in [0.2, 0.25) is 5.02 Å². The van der Waals surface area contributed by atoms with E-state index in [1.807, 2.05) is 0 Å². The number of anilines is 1. The van der Waals surface area contributed by atoms with E-state index in [2.05, 4.69) is 21.2 Å². The lowest BCUT2D eigenvalue weighted by Gasteiger charge is -2.08. The van der Waals surface area contributed by atoms with Gasteiger partial charge >= 0.3 is 11.8 Å². The minimum Gasteiger partial charge on any atom is -0.484 e. The van der Waals surface area contributed by atoms with Gasteiger partial charge in [-0.25, -0.2) is 5.43 Å². The molecule has 3 amide bonds. The van der Waals surface area contributed by atoms with Gasteiger partial charge in [0.15, 0.2) is 6.61 Å². The first-order valence-electron chi connectivity index (χ1n) is 8.75. The highest BCUT2D eigenvalue weighted by molar-refractivity contribution is 6.35. The summed E-state index contributed by atoms with van der Waals surface area (Å²) < 4.78 is 5.42. The van der Waals surface area contributed by atoms with Crippen LogP contribution in [-0.2, 0) is 14.4 Å². The summed E-state index contributed by atoms with van der Waals surface area (Å²) >= 11 is 5.80. The van der Waals surface area contributed by atoms with Gasteiger partial charge in [-0.1, -0.05) is 11.6 Å². The van der Waals surface area contributed by atoms with Gasteiger partial charge in [0.1, 0.15) is 5.75 Å². The lowest BCUT2D eigenvalue weighted by Crippen LogP contribution is -2.41. The first-order valence-corrected chi connectivity index (χ1v) is 9.13. The molecule has 0 aliphatic rings. The Morgan fingerprint density at radius 2 is 1.69 bits per heavy atom. The number of nitrogens with zero attached hydrogens (tertiary/aromatic N) is 1. The van der Waals surface area contributed by atoms with Crippen LogP contribution in [0, 0.1) is 0 Å². The molecule has 152 valence electrons. The van der Waals surface area contributed by atoms with Gasteiger partial charge in [-0.3, -0.25) is 14.4 Å². The van der Waals surface area contributed by atoms with Crippen LogP contribution in [0.5, 0.6) is 5.75 Å². The molecule has 0 aromatic heterocycles. The summed E-state index contributed by atoms with van der Waals surface area (Å²) in [5.74, 6) is -1.41. The summed E-state index contributed by atoms with van der Waals surface area (Å²) in [6, 6.07) is 13.3. The molecule has 0 fully saturated rings. The SMILES string of the molecule is CC(C)NC(=O)C(=O)N/N=C\c1ccc(OCC(=O)Nc2ccc(Cl)cc2)cc1. The van der Waals surface area contributed by atoms with E-state index >= 15 is 0 Å². The molecular weight excluding hydrogens is 396 g/mol. The molecule has 0 radical (unpaired) electrons. The number of carbonyl (C=O) groups excluding carboxylic acids is 3. The Kier molecular flexibility index (Phi) is 8.17. The molecule has 0 aliphatic heterocycles. The van der Waals surface area contributed by atoms with E-state index in [1.165, 1.54) is 6.21 Å². The second-order valence-electron chi connectivity index (χ2n) is 6.24. The Morgan fingerprint density at radius 1 is 1.03 bits per heavy atom. The maximum absolute atomic E-state index is 11.9. The van der Waals surface area contributed by atoms with Crippen molar-refractivity contribution in [3.05, 3.63) is 59.1 Å². The number of nitrogens with one attached hydrogen (secondary N) is 3. The van der Waals surface area contributed by atoms with Crippen molar-refractivity contribution in [2.24, 2.45) is 5.10 Å². The molecule has 2 aromatic carbocycles. The molecular formula is C20H21ClN4O4. The fourth-order valence-corrected chi connectivity index (χ4v) is 2.20. The van der Waals surface area contributed by atoms with Gasteiger partial charge in [0.25, 0.3) is 5.91 Å². The molecule has 9 heteroatoms. The van der Waals surface area contributed by atoms with Crippen molar-refractivity contribution in [1.29, 1.82) is 0 Å². The lowest BCUT2D eigenvalue weighted by molar-refractivity contribution is -0.139. The van der Waals surface area contributed by atoms with Gasteiger partial charge in [0.2, 0.25) is 0 Å². The van der Waals surface area contributed by atoms with Crippen LogP contribution in [0.4, 0.5) is 5.69 Å². The van der Waals surface area contributed by atoms with Crippen molar-refractivity contribution in [2.45, 2.75) is 19.9 Å². The van der Waals surface area contributed by atoms with E-state index < -0.39 is 11.8 Å². The van der Waals surface area contributed by atoms with Crippen LogP contribution in [0.15, 0.2) is 53.6 Å². The highest BCUT2D eigenvalue weighted by Gasteiger charge is 2.12. The van der Waals surface area contributed by atoms with Crippen molar-refractivity contribution >= 4 is 41.2 Å². The first-order chi connectivity index (χ1) is 13.8. The van der Waals surface area contributed by atoms with Gasteiger partial charge in [0.05, 0.1) is 6.21 Å². The molecule has 2 aromatic rings. The third kappa shape index (κ3) is 8.02. The zero-order valence-electron chi connectivity index (χ0n) is 15.9. The zero-order valence-corrected chi connectivity index (χ0v) is 16.7. The summed E-state index contributed by atoms with van der Waals surface area (Å²) in [4.78, 5) is 34.9. The second-order valence-corrected chi connectivity index (χ2v) is 6.68. The quantitative estimate of drug-likeness (QED) is 0.365. The van der Waals surface area contributed by atoms with E-state index in [9.17, 15) is 14.4 Å². The number of hydrazone groups is 1. The number of carbonyl (C=O) groups is 3. The van der Waals surface area contributed by atoms with Gasteiger partial charge in [0, 0.05) is 16.8 Å². The molecule has 0 saturated heterocycles. The molecule has 0 unspecified atom stereocenters. The number of benzene rings is 2. The molecule has 0 saturated carbocycles. The van der Waals surface area contributed by atoms with Gasteiger partial charge < -0.3 is 15.4 Å². The van der Waals surface area contributed by atoms with Crippen molar-refractivity contribution in [3.63, 3.8) is 0 Å². The van der Waals surface area contributed by atoms with Gasteiger partial charge in [-0.2, -0.15) is 5.10 Å². The molecule has 0 spiro atoms. The molecule has 2 rings (SSSR count). The predicted octanol–water partition coefficient (Wildman–Crippen LogP) is 2.33. The van der Waals surface area contributed by atoms with Crippen molar-refractivity contribution in [2.75, 3.05) is 11.9 Å². The molecule has 0 aliphatic carbocycles. The standard InChI is InChI=1S/C20H21ClN4O4/c1-13(2)23-19(27)20(28)25-22-11-14-3-9-17(10-4-14)29-12-18(26)24-16-7-5-15(21)6-8-16/h3-11,13H,12H2,1-2H3,(H,23,27)(H,24,26)(H,25,28)/b22-11-. The third-order valence-corrected chi connectivity index (χ3v) is 3.64. The van der Waals surface area contributed by atoms with Gasteiger partial charge in [-0.15, -0.1) is 0 Å². The summed E-state index contributed by atoms with van der Waals surface area (Å²) in [6.07, 6.45) is 1.39. The maximum Gasteiger partial charge on any atom is 0.329 e. The van der Waals surface area contributed by atoms with E-state index in [4.69, 9.17) is 16.3 Å². The van der Waals surface area contributed by atoms with Crippen molar-refractivity contribution in [1.82, 2.24) is 10.7 Å². The Balaban J connectivity index is 1.77. The van der Waals surface area contributed by atoms with Gasteiger partial charge in [-0.05, 0) is 67.9 Å². The van der Waals surface area contributed by atoms with E-state index in [0.717, 1.165) is 0 Å². The van der Waals surface area contributed by atoms with Crippen molar-refractivity contribution < 1.29 is 19.1 Å². The fourth-order valence-electron chi connectivity index (χ4n) is 2.07. The van der Waals surface area contributed by atoms with E-state index in [-0.39, 0.29) is 18.6 Å². The van der Waals surface area contributed by atoms with Crippen LogP contribution < -0.4 is 20.8 Å². The summed E-state index contributed by atoms with van der Waals surface area (Å²) in [7, 11) is 0. The number of hydrogen-bond donors (Lipinski definition) is 3. The molecule has 0 bridgehead atoms. The number of halogens is 1. The zero-order chi connectivity index (χ0) is 21.2. The number of amides is 3. The molecule has 0 atom stereocenters. The molecule has 8 nitrogen and oxygen atoms in total. The van der Waals surface area contributed by atoms with E-state index in [1.54, 1.807) is 62.4 Å². The predicted molar refractivity (Wildman–Crippen MR) is 111 cm³/mol. The average molecular weight is 417 g/mol. The topological polar surface area (TPSA) is 109 Å². The Bertz CT molecular complexity index is 880. The Hall–Kier alpha value is -3.39.